The number of rotatable bonds is 7. The summed E-state index contributed by atoms with van der Waals surface area (Å²) in [6.07, 6.45) is 4.82. The summed E-state index contributed by atoms with van der Waals surface area (Å²) in [5.41, 5.74) is 0. The molecule has 68 valence electrons. The number of hydrogen-bond acceptors (Lipinski definition) is 1. The van der Waals surface area contributed by atoms with Gasteiger partial charge in [-0.05, 0) is 19.3 Å². The Balaban J connectivity index is 2.80. The molecular formula is C9H19BrO. The molecule has 0 saturated heterocycles. The van der Waals surface area contributed by atoms with Crippen molar-refractivity contribution in [1.82, 2.24) is 0 Å². The van der Waals surface area contributed by atoms with Gasteiger partial charge in [0.2, 0.25) is 0 Å². The molecule has 0 aliphatic heterocycles. The van der Waals surface area contributed by atoms with Crippen molar-refractivity contribution in [3.63, 3.8) is 0 Å². The predicted molar refractivity (Wildman–Crippen MR) is 53.4 cm³/mol. The van der Waals surface area contributed by atoms with Crippen LogP contribution in [0.1, 0.15) is 39.5 Å². The van der Waals surface area contributed by atoms with E-state index in [1.165, 1.54) is 25.7 Å². The van der Waals surface area contributed by atoms with Crippen LogP contribution in [0.3, 0.4) is 0 Å². The predicted octanol–water partition coefficient (Wildman–Crippen LogP) is 3.37. The number of unbranched alkanes of at least 4 members (excludes halogenated alkanes) is 1. The van der Waals surface area contributed by atoms with Crippen LogP contribution in [0.15, 0.2) is 0 Å². The van der Waals surface area contributed by atoms with Crippen molar-refractivity contribution in [2.75, 3.05) is 13.2 Å². The molecule has 0 radical (unpaired) electrons. The van der Waals surface area contributed by atoms with E-state index in [-0.39, 0.29) is 0 Å². The van der Waals surface area contributed by atoms with Crippen molar-refractivity contribution >= 4 is 15.9 Å². The van der Waals surface area contributed by atoms with Crippen molar-refractivity contribution in [3.05, 3.63) is 0 Å². The number of alkyl halides is 1. The molecule has 0 bridgehead atoms. The van der Waals surface area contributed by atoms with Gasteiger partial charge in [-0.1, -0.05) is 36.2 Å². The zero-order valence-electron chi connectivity index (χ0n) is 7.61. The zero-order chi connectivity index (χ0) is 8.53. The van der Waals surface area contributed by atoms with Gasteiger partial charge in [0.1, 0.15) is 0 Å². The van der Waals surface area contributed by atoms with Crippen molar-refractivity contribution in [2.24, 2.45) is 0 Å². The van der Waals surface area contributed by atoms with Gasteiger partial charge in [-0.15, -0.1) is 0 Å². The van der Waals surface area contributed by atoms with Gasteiger partial charge >= 0.3 is 0 Å². The summed E-state index contributed by atoms with van der Waals surface area (Å²) < 4.78 is 5.40. The minimum absolute atomic E-state index is 0.636. The Labute approximate surface area is 78.6 Å². The highest BCUT2D eigenvalue weighted by Crippen LogP contribution is 2.06. The van der Waals surface area contributed by atoms with Crippen LogP contribution in [0.25, 0.3) is 0 Å². The Hall–Kier alpha value is 0.440. The maximum absolute atomic E-state index is 5.40. The van der Waals surface area contributed by atoms with Crippen molar-refractivity contribution < 1.29 is 4.74 Å². The summed E-state index contributed by atoms with van der Waals surface area (Å²) >= 11 is 3.50. The first-order valence-electron chi connectivity index (χ1n) is 4.49. The molecule has 1 unspecified atom stereocenters. The maximum Gasteiger partial charge on any atom is 0.0466 e. The lowest BCUT2D eigenvalue weighted by atomic mass is 10.3. The second-order valence-electron chi connectivity index (χ2n) is 2.89. The van der Waals surface area contributed by atoms with Crippen LogP contribution < -0.4 is 0 Å². The van der Waals surface area contributed by atoms with E-state index >= 15 is 0 Å². The van der Waals surface area contributed by atoms with E-state index in [1.54, 1.807) is 0 Å². The monoisotopic (exact) mass is 222 g/mol. The summed E-state index contributed by atoms with van der Waals surface area (Å²) in [5.74, 6) is 0. The van der Waals surface area contributed by atoms with E-state index in [0.29, 0.717) is 4.83 Å². The Morgan fingerprint density at radius 3 is 2.45 bits per heavy atom. The number of halogens is 1. The Morgan fingerprint density at radius 1 is 1.27 bits per heavy atom. The molecule has 0 rings (SSSR count). The third-order valence-electron chi connectivity index (χ3n) is 1.53. The number of hydrogen-bond donors (Lipinski definition) is 0. The highest BCUT2D eigenvalue weighted by Gasteiger charge is 1.94. The average molecular weight is 223 g/mol. The van der Waals surface area contributed by atoms with Crippen molar-refractivity contribution in [2.45, 2.75) is 44.4 Å². The fraction of sp³-hybridized carbons (Fsp3) is 1.00. The van der Waals surface area contributed by atoms with E-state index in [0.717, 1.165) is 13.2 Å². The normalized spacial score (nSPS) is 13.4. The molecule has 2 heteroatoms. The second kappa shape index (κ2) is 8.54. The molecule has 1 atom stereocenters. The summed E-state index contributed by atoms with van der Waals surface area (Å²) in [6.45, 7) is 6.22. The highest BCUT2D eigenvalue weighted by molar-refractivity contribution is 9.09. The van der Waals surface area contributed by atoms with E-state index in [2.05, 4.69) is 29.8 Å². The molecule has 0 fully saturated rings. The maximum atomic E-state index is 5.40. The highest BCUT2D eigenvalue weighted by atomic mass is 79.9. The standard InChI is InChI=1S/C9H19BrO/c1-3-4-7-11-8-5-6-9(2)10/h9H,3-8H2,1-2H3. The molecule has 0 aliphatic carbocycles. The number of ether oxygens (including phenoxy) is 1. The molecule has 1 nitrogen and oxygen atoms in total. The molecule has 0 aliphatic rings. The van der Waals surface area contributed by atoms with Crippen molar-refractivity contribution in [1.29, 1.82) is 0 Å². The summed E-state index contributed by atoms with van der Waals surface area (Å²) in [6, 6.07) is 0. The van der Waals surface area contributed by atoms with Crippen LogP contribution in [0.5, 0.6) is 0 Å². The van der Waals surface area contributed by atoms with Crippen LogP contribution in [0.2, 0.25) is 0 Å². The average Bonchev–Trinajstić information content (AvgIpc) is 1.96. The third-order valence-corrected chi connectivity index (χ3v) is 1.99. The van der Waals surface area contributed by atoms with Gasteiger partial charge in [0.05, 0.1) is 0 Å². The first-order chi connectivity index (χ1) is 5.27. The largest absolute Gasteiger partial charge is 0.381 e. The van der Waals surface area contributed by atoms with Crippen LogP contribution in [0.4, 0.5) is 0 Å². The molecule has 0 N–H and O–H groups in total. The van der Waals surface area contributed by atoms with E-state index in [1.807, 2.05) is 0 Å². The van der Waals surface area contributed by atoms with Crippen molar-refractivity contribution in [3.8, 4) is 0 Å². The molecule has 0 aromatic heterocycles. The second-order valence-corrected chi connectivity index (χ2v) is 4.45. The lowest BCUT2D eigenvalue weighted by Crippen LogP contribution is -1.99. The van der Waals surface area contributed by atoms with Gasteiger partial charge < -0.3 is 4.74 Å². The molecule has 0 saturated carbocycles. The molecule has 11 heavy (non-hydrogen) atoms. The lowest BCUT2D eigenvalue weighted by Gasteiger charge is -2.03. The Bertz CT molecular complexity index is 74.0. The van der Waals surface area contributed by atoms with Gasteiger partial charge in [-0.3, -0.25) is 0 Å². The smallest absolute Gasteiger partial charge is 0.0466 e. The Kier molecular flexibility index (Phi) is 8.88. The minimum atomic E-state index is 0.636. The van der Waals surface area contributed by atoms with Gasteiger partial charge in [0.15, 0.2) is 0 Å². The lowest BCUT2D eigenvalue weighted by molar-refractivity contribution is 0.128. The van der Waals surface area contributed by atoms with Crippen LogP contribution in [-0.2, 0) is 4.74 Å². The summed E-state index contributed by atoms with van der Waals surface area (Å²) in [5, 5.41) is 0. The summed E-state index contributed by atoms with van der Waals surface area (Å²) in [4.78, 5) is 0.636. The fourth-order valence-electron chi connectivity index (χ4n) is 0.815. The van der Waals surface area contributed by atoms with Crippen LogP contribution in [0, 0.1) is 0 Å². The van der Waals surface area contributed by atoms with E-state index < -0.39 is 0 Å². The topological polar surface area (TPSA) is 9.23 Å². The minimum Gasteiger partial charge on any atom is -0.381 e. The SMILES string of the molecule is CCCCOCCCC(C)Br. The van der Waals surface area contributed by atoms with Gasteiger partial charge in [-0.2, -0.15) is 0 Å². The first-order valence-corrected chi connectivity index (χ1v) is 5.40. The zero-order valence-corrected chi connectivity index (χ0v) is 9.19. The van der Waals surface area contributed by atoms with E-state index in [9.17, 15) is 0 Å². The van der Waals surface area contributed by atoms with Gasteiger partial charge in [-0.25, -0.2) is 0 Å². The molecular weight excluding hydrogens is 204 g/mol. The molecule has 0 spiro atoms. The van der Waals surface area contributed by atoms with E-state index in [4.69, 9.17) is 4.74 Å². The first kappa shape index (κ1) is 11.4. The Morgan fingerprint density at radius 2 is 1.91 bits per heavy atom. The fourth-order valence-corrected chi connectivity index (χ4v) is 1.14. The molecule has 0 aromatic carbocycles. The van der Waals surface area contributed by atoms with Crippen LogP contribution >= 0.6 is 15.9 Å². The van der Waals surface area contributed by atoms with Gasteiger partial charge in [0.25, 0.3) is 0 Å². The van der Waals surface area contributed by atoms with Crippen LogP contribution in [-0.4, -0.2) is 18.0 Å². The molecule has 0 aromatic rings. The summed E-state index contributed by atoms with van der Waals surface area (Å²) in [7, 11) is 0. The molecule has 0 amide bonds. The van der Waals surface area contributed by atoms with Gasteiger partial charge in [0, 0.05) is 18.0 Å². The third kappa shape index (κ3) is 10.4. The quantitative estimate of drug-likeness (QED) is 0.475. The molecule has 0 heterocycles.